The molecule has 15 heteroatoms. The summed E-state index contributed by atoms with van der Waals surface area (Å²) in [4.78, 5) is 17.0. The summed E-state index contributed by atoms with van der Waals surface area (Å²) in [6.07, 6.45) is -5.10. The van der Waals surface area contributed by atoms with Crippen LogP contribution in [0.2, 0.25) is 0 Å². The lowest BCUT2D eigenvalue weighted by Crippen LogP contribution is -2.49. The molecule has 2 atom stereocenters. The van der Waals surface area contributed by atoms with Gasteiger partial charge in [0.25, 0.3) is 17.4 Å². The third-order valence-electron chi connectivity index (χ3n) is 7.44. The molecule has 0 aliphatic rings. The molecule has 1 unspecified atom stereocenters. The molecule has 0 spiro atoms. The second-order valence-corrected chi connectivity index (χ2v) is 13.5. The van der Waals surface area contributed by atoms with Gasteiger partial charge in [-0.05, 0) is 98.3 Å². The molecule has 0 bridgehead atoms. The first-order valence-electron chi connectivity index (χ1n) is 16.2. The molecule has 0 aliphatic carbocycles. The van der Waals surface area contributed by atoms with Crippen molar-refractivity contribution in [3.63, 3.8) is 0 Å². The highest BCUT2D eigenvalue weighted by Gasteiger charge is 2.62. The molecule has 4 rings (SSSR count). The van der Waals surface area contributed by atoms with Gasteiger partial charge in [-0.1, -0.05) is 42.5 Å². The molecule has 2 aromatic heterocycles. The first kappa shape index (κ1) is 39.7. The molecule has 2 aromatic carbocycles. The quantitative estimate of drug-likeness (QED) is 0.0870. The first-order valence-corrected chi connectivity index (χ1v) is 17.0. The van der Waals surface area contributed by atoms with Crippen LogP contribution in [-0.2, 0) is 37.8 Å². The lowest BCUT2D eigenvalue weighted by Gasteiger charge is -2.32. The number of nitrogens with zero attached hydrogens (tertiary/aromatic N) is 3. The second-order valence-electron chi connectivity index (χ2n) is 12.8. The van der Waals surface area contributed by atoms with Crippen LogP contribution in [0.25, 0.3) is 11.6 Å². The lowest BCUT2D eigenvalue weighted by atomic mass is 10.0. The van der Waals surface area contributed by atoms with Gasteiger partial charge >= 0.3 is 12.3 Å². The summed E-state index contributed by atoms with van der Waals surface area (Å²) in [6, 6.07) is 17.4. The summed E-state index contributed by atoms with van der Waals surface area (Å²) < 4.78 is 79.3. The molecule has 0 saturated carbocycles. The van der Waals surface area contributed by atoms with Gasteiger partial charge in [-0.3, -0.25) is 5.32 Å². The Kier molecular flexibility index (Phi) is 13.6. The van der Waals surface area contributed by atoms with Gasteiger partial charge in [0, 0.05) is 6.61 Å². The van der Waals surface area contributed by atoms with Crippen molar-refractivity contribution in [2.24, 2.45) is 0 Å². The Bertz CT molecular complexity index is 1720. The van der Waals surface area contributed by atoms with E-state index >= 15 is 13.2 Å². The number of ether oxygens (including phenoxy) is 5. The van der Waals surface area contributed by atoms with E-state index in [-0.39, 0.29) is 24.1 Å². The predicted octanol–water partition coefficient (Wildman–Crippen LogP) is 8.93. The van der Waals surface area contributed by atoms with Crippen LogP contribution in [0.3, 0.4) is 0 Å². The fraction of sp³-hybridized carbons (Fsp3) is 0.444. The van der Waals surface area contributed by atoms with Gasteiger partial charge in [-0.25, -0.2) is 9.78 Å². The maximum atomic E-state index is 15.2. The zero-order chi connectivity index (χ0) is 37.2. The molecule has 4 aromatic rings. The van der Waals surface area contributed by atoms with Gasteiger partial charge < -0.3 is 28.1 Å². The molecule has 0 aliphatic heterocycles. The van der Waals surface area contributed by atoms with E-state index in [1.165, 1.54) is 0 Å². The van der Waals surface area contributed by atoms with E-state index in [9.17, 15) is 4.79 Å². The Balaban J connectivity index is 1.54. The maximum absolute atomic E-state index is 15.2. The molecule has 0 radical (unpaired) electrons. The van der Waals surface area contributed by atoms with E-state index in [1.54, 1.807) is 71.2 Å². The minimum atomic E-state index is -5.06. The van der Waals surface area contributed by atoms with Crippen molar-refractivity contribution in [2.45, 2.75) is 84.2 Å². The van der Waals surface area contributed by atoms with Crippen LogP contribution in [0.4, 0.5) is 23.7 Å². The fourth-order valence-corrected chi connectivity index (χ4v) is 5.00. The highest BCUT2D eigenvalue weighted by molar-refractivity contribution is 9.10. The largest absolute Gasteiger partial charge is 0.497 e. The zero-order valence-electron chi connectivity index (χ0n) is 29.3. The molecular formula is C36H42BrF3N4O7. The van der Waals surface area contributed by atoms with Gasteiger partial charge in [0.1, 0.15) is 16.0 Å². The van der Waals surface area contributed by atoms with Gasteiger partial charge in [-0.2, -0.15) is 13.2 Å². The van der Waals surface area contributed by atoms with Crippen molar-refractivity contribution in [3.05, 3.63) is 87.8 Å². The van der Waals surface area contributed by atoms with Crippen molar-refractivity contribution < 1.29 is 46.1 Å². The summed E-state index contributed by atoms with van der Waals surface area (Å²) in [5, 5.41) is 10.3. The summed E-state index contributed by atoms with van der Waals surface area (Å²) in [5.74, 6) is -0.543. The SMILES string of the molecule is COc1ccc(CO[C@@H](C)CCCOCC(OCc2ccccc2)(c2nnc(-c3nc(Br)c(C)cc3NC(=O)OC(C)(C)C)o2)C(F)(F)F)cc1. The van der Waals surface area contributed by atoms with E-state index in [2.05, 4.69) is 36.4 Å². The number of methoxy groups -OCH3 is 1. The number of anilines is 1. The van der Waals surface area contributed by atoms with E-state index in [0.717, 1.165) is 11.3 Å². The number of halogens is 4. The minimum Gasteiger partial charge on any atom is -0.497 e. The average Bonchev–Trinajstić information content (AvgIpc) is 3.56. The van der Waals surface area contributed by atoms with Gasteiger partial charge in [0.05, 0.1) is 38.7 Å². The molecule has 276 valence electrons. The van der Waals surface area contributed by atoms with E-state index in [0.29, 0.717) is 35.2 Å². The first-order chi connectivity index (χ1) is 24.1. The van der Waals surface area contributed by atoms with Crippen molar-refractivity contribution in [3.8, 4) is 17.3 Å². The number of nitrogens with one attached hydrogen (secondary N) is 1. The van der Waals surface area contributed by atoms with Crippen LogP contribution < -0.4 is 10.1 Å². The van der Waals surface area contributed by atoms with Gasteiger partial charge in [-0.15, -0.1) is 10.2 Å². The van der Waals surface area contributed by atoms with Crippen LogP contribution in [0, 0.1) is 6.92 Å². The number of aromatic nitrogens is 3. The number of rotatable bonds is 16. The maximum Gasteiger partial charge on any atom is 0.428 e. The Morgan fingerprint density at radius 2 is 1.69 bits per heavy atom. The number of amides is 1. The van der Waals surface area contributed by atoms with Crippen LogP contribution in [0.15, 0.2) is 69.7 Å². The molecule has 0 saturated heterocycles. The highest BCUT2D eigenvalue weighted by Crippen LogP contribution is 2.44. The number of alkyl halides is 3. The molecule has 51 heavy (non-hydrogen) atoms. The third-order valence-corrected chi connectivity index (χ3v) is 8.25. The monoisotopic (exact) mass is 778 g/mol. The summed E-state index contributed by atoms with van der Waals surface area (Å²) in [5.41, 5.74) is -1.89. The summed E-state index contributed by atoms with van der Waals surface area (Å²) in [7, 11) is 1.59. The molecule has 0 fully saturated rings. The Labute approximate surface area is 303 Å². The highest BCUT2D eigenvalue weighted by atomic mass is 79.9. The lowest BCUT2D eigenvalue weighted by molar-refractivity contribution is -0.311. The summed E-state index contributed by atoms with van der Waals surface area (Å²) >= 11 is 3.32. The van der Waals surface area contributed by atoms with Crippen molar-refractivity contribution in [1.29, 1.82) is 0 Å². The number of carbonyl (C=O) groups excluding carboxylic acids is 1. The standard InChI is InChI=1S/C36H42BrF3N4O7/c1-23-19-28(41-33(45)51-34(3,4)5)29(42-30(23)37)31-43-44-32(50-31)35(36(38,39)40,49-21-25-12-8-7-9-13-25)22-47-18-10-11-24(2)48-20-26-14-16-27(46-6)17-15-26/h7-9,12-17,19,24H,10-11,18,20-22H2,1-6H3,(H,41,45)/t24-,35?/m0/s1. The Hall–Kier alpha value is -4.05. The van der Waals surface area contributed by atoms with Crippen LogP contribution >= 0.6 is 15.9 Å². The molecule has 11 nitrogen and oxygen atoms in total. The van der Waals surface area contributed by atoms with Crippen molar-refractivity contribution in [1.82, 2.24) is 15.2 Å². The topological polar surface area (TPSA) is 127 Å². The number of pyridine rings is 1. The second kappa shape index (κ2) is 17.4. The van der Waals surface area contributed by atoms with E-state index in [1.807, 2.05) is 31.2 Å². The molecule has 1 N–H and O–H groups in total. The van der Waals surface area contributed by atoms with Crippen LogP contribution in [-0.4, -0.2) is 59.5 Å². The normalized spacial score (nSPS) is 13.8. The van der Waals surface area contributed by atoms with E-state index < -0.39 is 48.5 Å². The summed E-state index contributed by atoms with van der Waals surface area (Å²) in [6.45, 7) is 7.61. The fourth-order valence-electron chi connectivity index (χ4n) is 4.71. The zero-order valence-corrected chi connectivity index (χ0v) is 30.9. The number of carbonyl (C=O) groups is 1. The van der Waals surface area contributed by atoms with E-state index in [4.69, 9.17) is 28.1 Å². The van der Waals surface area contributed by atoms with Crippen LogP contribution in [0.5, 0.6) is 5.75 Å². The number of aryl methyl sites for hydroxylation is 1. The molecular weight excluding hydrogens is 737 g/mol. The number of benzene rings is 2. The van der Waals surface area contributed by atoms with Crippen molar-refractivity contribution >= 4 is 27.7 Å². The smallest absolute Gasteiger partial charge is 0.428 e. The predicted molar refractivity (Wildman–Crippen MR) is 186 cm³/mol. The third kappa shape index (κ3) is 11.2. The van der Waals surface area contributed by atoms with Crippen molar-refractivity contribution in [2.75, 3.05) is 25.6 Å². The Morgan fingerprint density at radius 1 is 1.00 bits per heavy atom. The molecule has 1 amide bonds. The number of hydrogen-bond acceptors (Lipinski definition) is 10. The van der Waals surface area contributed by atoms with Gasteiger partial charge in [0.15, 0.2) is 5.69 Å². The average molecular weight is 780 g/mol. The van der Waals surface area contributed by atoms with Gasteiger partial charge in [0.2, 0.25) is 0 Å². The van der Waals surface area contributed by atoms with Crippen LogP contribution in [0.1, 0.15) is 63.1 Å². The minimum absolute atomic E-state index is 0.0276. The number of hydrogen-bond donors (Lipinski definition) is 1. The Morgan fingerprint density at radius 3 is 2.33 bits per heavy atom. The molecule has 2 heterocycles.